The largest absolute Gasteiger partial charge is 0.490 e. The first-order chi connectivity index (χ1) is 18.3. The van der Waals surface area contributed by atoms with Gasteiger partial charge < -0.3 is 20.8 Å². The van der Waals surface area contributed by atoms with E-state index in [1.54, 1.807) is 49.7 Å². The molecule has 0 aliphatic carbocycles. The first-order valence-electron chi connectivity index (χ1n) is 11.4. The highest BCUT2D eigenvalue weighted by atomic mass is 32.1. The average Bonchev–Trinajstić information content (AvgIpc) is 3.29. The number of hydrogen-bond donors (Lipinski definition) is 4. The number of aromatic nitrogens is 2. The summed E-state index contributed by atoms with van der Waals surface area (Å²) >= 11 is 1.57. The predicted molar refractivity (Wildman–Crippen MR) is 147 cm³/mol. The van der Waals surface area contributed by atoms with Crippen LogP contribution in [0.25, 0.3) is 21.3 Å². The van der Waals surface area contributed by atoms with Crippen molar-refractivity contribution in [3.8, 4) is 11.1 Å². The van der Waals surface area contributed by atoms with Crippen molar-refractivity contribution < 1.29 is 37.8 Å². The molecule has 0 unspecified atom stereocenters. The summed E-state index contributed by atoms with van der Waals surface area (Å²) in [5.41, 5.74) is 4.16. The standard InChI is InChI=1S/C24H22N4O3S.C2HF3O2.CH4/c1-14(2)21(23(30)31)28-22(29)17-5-3-15(4-6-17)16-7-9-18(10-8-16)26-24-27-19-13-25-12-11-20(19)32-24;3-2(4,5)1(6)7;/h3-14,21H,1-2H3,(H,26,27)(H,28,29)(H,30,31);(H,6,7);1H4/t21-;;/m0../s1. The number of pyridine rings is 1. The lowest BCUT2D eigenvalue weighted by molar-refractivity contribution is -0.192. The molecule has 13 heteroatoms. The van der Waals surface area contributed by atoms with Gasteiger partial charge in [-0.05, 0) is 47.4 Å². The van der Waals surface area contributed by atoms with Gasteiger partial charge in [0.25, 0.3) is 5.91 Å². The lowest BCUT2D eigenvalue weighted by atomic mass is 10.0. The SMILES string of the molecule is C.CC(C)[C@H](NC(=O)c1ccc(-c2ccc(Nc3nc4cnccc4s3)cc2)cc1)C(=O)O.O=C(O)C(F)(F)F. The molecule has 0 radical (unpaired) electrons. The van der Waals surface area contributed by atoms with E-state index in [-0.39, 0.29) is 13.3 Å². The molecule has 2 aromatic carbocycles. The number of benzene rings is 2. The third-order valence-corrected chi connectivity index (χ3v) is 6.22. The Kier molecular flexibility index (Phi) is 10.7. The smallest absolute Gasteiger partial charge is 0.480 e. The number of carbonyl (C=O) groups is 3. The summed E-state index contributed by atoms with van der Waals surface area (Å²) in [5, 5.41) is 23.1. The van der Waals surface area contributed by atoms with Gasteiger partial charge >= 0.3 is 18.1 Å². The maximum Gasteiger partial charge on any atom is 0.490 e. The van der Waals surface area contributed by atoms with Gasteiger partial charge in [0.2, 0.25) is 0 Å². The Morgan fingerprint density at radius 1 is 0.925 bits per heavy atom. The Labute approximate surface area is 231 Å². The first-order valence-corrected chi connectivity index (χ1v) is 12.2. The van der Waals surface area contributed by atoms with Crippen LogP contribution in [0.15, 0.2) is 67.0 Å². The lowest BCUT2D eigenvalue weighted by Gasteiger charge is -2.18. The highest BCUT2D eigenvalue weighted by Crippen LogP contribution is 2.29. The van der Waals surface area contributed by atoms with E-state index in [1.165, 1.54) is 0 Å². The van der Waals surface area contributed by atoms with Crippen molar-refractivity contribution >= 4 is 50.2 Å². The zero-order valence-corrected chi connectivity index (χ0v) is 21.4. The van der Waals surface area contributed by atoms with E-state index in [9.17, 15) is 27.9 Å². The Bertz CT molecular complexity index is 1420. The molecule has 0 aliphatic heterocycles. The molecule has 0 saturated carbocycles. The van der Waals surface area contributed by atoms with Crippen molar-refractivity contribution in [3.63, 3.8) is 0 Å². The summed E-state index contributed by atoms with van der Waals surface area (Å²) in [6.07, 6.45) is -1.59. The molecule has 212 valence electrons. The van der Waals surface area contributed by atoms with Crippen LogP contribution >= 0.6 is 11.3 Å². The molecule has 9 nitrogen and oxygen atoms in total. The quantitative estimate of drug-likeness (QED) is 0.203. The molecule has 0 aliphatic rings. The number of thiazole rings is 1. The van der Waals surface area contributed by atoms with Gasteiger partial charge in [-0.2, -0.15) is 13.2 Å². The molecule has 1 amide bonds. The van der Waals surface area contributed by atoms with Crippen LogP contribution in [0.5, 0.6) is 0 Å². The molecule has 4 aromatic rings. The number of anilines is 2. The summed E-state index contributed by atoms with van der Waals surface area (Å²) < 4.78 is 32.8. The zero-order valence-electron chi connectivity index (χ0n) is 20.6. The number of alkyl halides is 3. The number of nitrogens with one attached hydrogen (secondary N) is 2. The molecule has 2 heterocycles. The van der Waals surface area contributed by atoms with E-state index in [4.69, 9.17) is 9.90 Å². The number of amides is 1. The number of hydrogen-bond acceptors (Lipinski definition) is 7. The minimum absolute atomic E-state index is 0. The summed E-state index contributed by atoms with van der Waals surface area (Å²) in [4.78, 5) is 41.2. The minimum atomic E-state index is -5.08. The van der Waals surface area contributed by atoms with Crippen molar-refractivity contribution in [3.05, 3.63) is 72.6 Å². The molecular formula is C27H27F3N4O5S. The van der Waals surface area contributed by atoms with Crippen LogP contribution in [0.2, 0.25) is 0 Å². The third-order valence-electron chi connectivity index (χ3n) is 5.27. The van der Waals surface area contributed by atoms with E-state index >= 15 is 0 Å². The molecule has 0 saturated heterocycles. The third kappa shape index (κ3) is 8.50. The summed E-state index contributed by atoms with van der Waals surface area (Å²) in [6.45, 7) is 3.52. The monoisotopic (exact) mass is 576 g/mol. The highest BCUT2D eigenvalue weighted by molar-refractivity contribution is 7.22. The van der Waals surface area contributed by atoms with Crippen LogP contribution < -0.4 is 10.6 Å². The fourth-order valence-electron chi connectivity index (χ4n) is 3.26. The van der Waals surface area contributed by atoms with Crippen molar-refractivity contribution in [1.29, 1.82) is 0 Å². The van der Waals surface area contributed by atoms with Crippen LogP contribution in [0, 0.1) is 5.92 Å². The second kappa shape index (κ2) is 13.5. The maximum absolute atomic E-state index is 12.4. The van der Waals surface area contributed by atoms with Crippen molar-refractivity contribution in [2.45, 2.75) is 33.5 Å². The molecule has 0 bridgehead atoms. The number of halogens is 3. The number of carboxylic acids is 2. The highest BCUT2D eigenvalue weighted by Gasteiger charge is 2.38. The molecular weight excluding hydrogens is 549 g/mol. The van der Waals surface area contributed by atoms with E-state index in [0.717, 1.165) is 32.2 Å². The minimum Gasteiger partial charge on any atom is -0.480 e. The normalized spacial score (nSPS) is 11.6. The number of nitrogens with zero attached hydrogens (tertiary/aromatic N) is 2. The van der Waals surface area contributed by atoms with E-state index < -0.39 is 30.1 Å². The molecule has 1 atom stereocenters. The topological polar surface area (TPSA) is 142 Å². The molecule has 40 heavy (non-hydrogen) atoms. The van der Waals surface area contributed by atoms with Crippen molar-refractivity contribution in [2.24, 2.45) is 5.92 Å². The summed E-state index contributed by atoms with van der Waals surface area (Å²) in [6, 6.07) is 16.0. The molecule has 0 spiro atoms. The predicted octanol–water partition coefficient (Wildman–Crippen LogP) is 6.21. The van der Waals surface area contributed by atoms with Gasteiger partial charge in [-0.3, -0.25) is 9.78 Å². The van der Waals surface area contributed by atoms with Gasteiger partial charge in [-0.1, -0.05) is 56.9 Å². The van der Waals surface area contributed by atoms with Crippen LogP contribution in [0.4, 0.5) is 24.0 Å². The van der Waals surface area contributed by atoms with Crippen molar-refractivity contribution in [1.82, 2.24) is 15.3 Å². The first kappa shape index (κ1) is 31.7. The Hall–Kier alpha value is -4.52. The number of fused-ring (bicyclic) bond motifs is 1. The fourth-order valence-corrected chi connectivity index (χ4v) is 4.11. The fraction of sp³-hybridized carbons (Fsp3) is 0.222. The van der Waals surface area contributed by atoms with Gasteiger partial charge in [-0.25, -0.2) is 14.6 Å². The van der Waals surface area contributed by atoms with Gasteiger partial charge in [0.15, 0.2) is 5.13 Å². The molecule has 4 rings (SSSR count). The average molecular weight is 577 g/mol. The second-order valence-corrected chi connectivity index (χ2v) is 9.51. The lowest BCUT2D eigenvalue weighted by Crippen LogP contribution is -2.44. The van der Waals surface area contributed by atoms with Crippen LogP contribution in [-0.4, -0.2) is 50.2 Å². The molecule has 2 aromatic heterocycles. The van der Waals surface area contributed by atoms with Crippen LogP contribution in [0.3, 0.4) is 0 Å². The summed E-state index contributed by atoms with van der Waals surface area (Å²) in [5.74, 6) is -4.40. The Balaban J connectivity index is 0.000000623. The molecule has 0 fully saturated rings. The Morgan fingerprint density at radius 2 is 1.48 bits per heavy atom. The van der Waals surface area contributed by atoms with E-state index in [0.29, 0.717) is 5.56 Å². The number of aliphatic carboxylic acids is 2. The molecule has 4 N–H and O–H groups in total. The maximum atomic E-state index is 12.4. The van der Waals surface area contributed by atoms with Gasteiger partial charge in [0, 0.05) is 17.4 Å². The van der Waals surface area contributed by atoms with Gasteiger partial charge in [0.1, 0.15) is 11.6 Å². The van der Waals surface area contributed by atoms with E-state index in [1.807, 2.05) is 42.5 Å². The van der Waals surface area contributed by atoms with E-state index in [2.05, 4.69) is 20.6 Å². The Morgan fingerprint density at radius 3 is 1.95 bits per heavy atom. The second-order valence-electron chi connectivity index (χ2n) is 8.48. The number of rotatable bonds is 7. The van der Waals surface area contributed by atoms with Crippen LogP contribution in [-0.2, 0) is 9.59 Å². The number of carbonyl (C=O) groups excluding carboxylic acids is 1. The van der Waals surface area contributed by atoms with Crippen LogP contribution in [0.1, 0.15) is 31.6 Å². The summed E-state index contributed by atoms with van der Waals surface area (Å²) in [7, 11) is 0. The van der Waals surface area contributed by atoms with Gasteiger partial charge in [-0.15, -0.1) is 0 Å². The number of carboxylic acid groups (broad SMARTS) is 2. The van der Waals surface area contributed by atoms with Crippen molar-refractivity contribution in [2.75, 3.05) is 5.32 Å². The van der Waals surface area contributed by atoms with Gasteiger partial charge in [0.05, 0.1) is 10.9 Å². The zero-order chi connectivity index (χ0) is 28.7.